The van der Waals surface area contributed by atoms with Crippen molar-refractivity contribution in [2.45, 2.75) is 32.9 Å². The molecule has 0 bridgehead atoms. The van der Waals surface area contributed by atoms with Crippen LogP contribution in [0.15, 0.2) is 18.2 Å². The number of carbonyl (C=O) groups is 1. The molecule has 1 aromatic carbocycles. The van der Waals surface area contributed by atoms with E-state index in [1.165, 1.54) is 0 Å². The Labute approximate surface area is 105 Å². The molecule has 0 aliphatic rings. The number of carbonyl (C=O) groups excluding carboxylic acids is 1. The lowest BCUT2D eigenvalue weighted by molar-refractivity contribution is -0.123. The first-order valence-electron chi connectivity index (χ1n) is 5.83. The number of benzene rings is 1. The van der Waals surface area contributed by atoms with Crippen LogP contribution in [0.4, 0.5) is 8.78 Å². The molecule has 0 saturated carbocycles. The van der Waals surface area contributed by atoms with Crippen molar-refractivity contribution in [2.24, 2.45) is 11.7 Å². The van der Waals surface area contributed by atoms with Gasteiger partial charge in [0.25, 0.3) is 0 Å². The Bertz CT molecular complexity index is 435. The van der Waals surface area contributed by atoms with Crippen molar-refractivity contribution in [3.05, 3.63) is 35.4 Å². The first kappa shape index (κ1) is 14.6. The molecule has 0 spiro atoms. The fourth-order valence-electron chi connectivity index (χ4n) is 1.54. The number of halogens is 2. The molecule has 3 N–H and O–H groups in total. The Morgan fingerprint density at radius 2 is 1.89 bits per heavy atom. The SMILES string of the molecule is CC(NC(=O)[C@H](N)C(C)C)c1cc(F)ccc1F. The van der Waals surface area contributed by atoms with Gasteiger partial charge in [-0.15, -0.1) is 0 Å². The topological polar surface area (TPSA) is 55.1 Å². The number of nitrogens with one attached hydrogen (secondary N) is 1. The molecule has 0 aliphatic carbocycles. The van der Waals surface area contributed by atoms with E-state index in [4.69, 9.17) is 5.73 Å². The van der Waals surface area contributed by atoms with E-state index < -0.39 is 23.7 Å². The van der Waals surface area contributed by atoms with Gasteiger partial charge in [0, 0.05) is 5.56 Å². The van der Waals surface area contributed by atoms with E-state index in [2.05, 4.69) is 5.32 Å². The van der Waals surface area contributed by atoms with Gasteiger partial charge in [0.1, 0.15) is 11.6 Å². The van der Waals surface area contributed by atoms with Crippen molar-refractivity contribution in [3.63, 3.8) is 0 Å². The lowest BCUT2D eigenvalue weighted by Gasteiger charge is -2.20. The van der Waals surface area contributed by atoms with Crippen molar-refractivity contribution in [1.82, 2.24) is 5.32 Å². The largest absolute Gasteiger partial charge is 0.348 e. The monoisotopic (exact) mass is 256 g/mol. The minimum Gasteiger partial charge on any atom is -0.348 e. The average molecular weight is 256 g/mol. The van der Waals surface area contributed by atoms with Gasteiger partial charge in [-0.1, -0.05) is 13.8 Å². The highest BCUT2D eigenvalue weighted by Gasteiger charge is 2.21. The fourth-order valence-corrected chi connectivity index (χ4v) is 1.54. The molecule has 100 valence electrons. The van der Waals surface area contributed by atoms with E-state index in [9.17, 15) is 13.6 Å². The van der Waals surface area contributed by atoms with Gasteiger partial charge in [0.15, 0.2) is 0 Å². The number of hydrogen-bond acceptors (Lipinski definition) is 2. The van der Waals surface area contributed by atoms with Gasteiger partial charge >= 0.3 is 0 Å². The lowest BCUT2D eigenvalue weighted by atomic mass is 10.0. The summed E-state index contributed by atoms with van der Waals surface area (Å²) in [5.74, 6) is -1.49. The standard InChI is InChI=1S/C13H18F2N2O/c1-7(2)12(16)13(18)17-8(3)10-6-9(14)4-5-11(10)15/h4-8,12H,16H2,1-3H3,(H,17,18)/t8?,12-/m1/s1. The van der Waals surface area contributed by atoms with Gasteiger partial charge in [-0.3, -0.25) is 4.79 Å². The molecule has 18 heavy (non-hydrogen) atoms. The minimum absolute atomic E-state index is 0.0189. The maximum atomic E-state index is 13.5. The summed E-state index contributed by atoms with van der Waals surface area (Å²) >= 11 is 0. The zero-order valence-electron chi connectivity index (χ0n) is 10.7. The van der Waals surface area contributed by atoms with E-state index in [0.29, 0.717) is 0 Å². The Balaban J connectivity index is 2.79. The van der Waals surface area contributed by atoms with E-state index in [0.717, 1.165) is 18.2 Å². The second kappa shape index (κ2) is 5.91. The first-order valence-corrected chi connectivity index (χ1v) is 5.83. The predicted molar refractivity (Wildman–Crippen MR) is 65.7 cm³/mol. The van der Waals surface area contributed by atoms with Crippen LogP contribution >= 0.6 is 0 Å². The molecule has 1 aromatic rings. The van der Waals surface area contributed by atoms with Gasteiger partial charge in [0.05, 0.1) is 12.1 Å². The highest BCUT2D eigenvalue weighted by Crippen LogP contribution is 2.18. The van der Waals surface area contributed by atoms with E-state index in [1.807, 2.05) is 13.8 Å². The predicted octanol–water partition coefficient (Wildman–Crippen LogP) is 2.13. The normalized spacial score (nSPS) is 14.4. The minimum atomic E-state index is -0.663. The number of amides is 1. The lowest BCUT2D eigenvalue weighted by Crippen LogP contribution is -2.44. The first-order chi connectivity index (χ1) is 8.32. The third-order valence-corrected chi connectivity index (χ3v) is 2.80. The molecule has 1 rings (SSSR count). The van der Waals surface area contributed by atoms with Crippen molar-refractivity contribution < 1.29 is 13.6 Å². The summed E-state index contributed by atoms with van der Waals surface area (Å²) < 4.78 is 26.5. The van der Waals surface area contributed by atoms with Crippen LogP contribution in [0.3, 0.4) is 0 Å². The smallest absolute Gasteiger partial charge is 0.237 e. The van der Waals surface area contributed by atoms with E-state index >= 15 is 0 Å². The summed E-state index contributed by atoms with van der Waals surface area (Å²) in [7, 11) is 0. The second-order valence-electron chi connectivity index (χ2n) is 4.67. The highest BCUT2D eigenvalue weighted by atomic mass is 19.1. The van der Waals surface area contributed by atoms with Crippen LogP contribution in [0.25, 0.3) is 0 Å². The Morgan fingerprint density at radius 3 is 2.44 bits per heavy atom. The summed E-state index contributed by atoms with van der Waals surface area (Å²) in [4.78, 5) is 11.7. The maximum absolute atomic E-state index is 13.5. The van der Waals surface area contributed by atoms with Crippen LogP contribution in [0, 0.1) is 17.6 Å². The quantitative estimate of drug-likeness (QED) is 0.867. The van der Waals surface area contributed by atoms with Crippen LogP contribution < -0.4 is 11.1 Å². The fraction of sp³-hybridized carbons (Fsp3) is 0.462. The van der Waals surface area contributed by atoms with Crippen LogP contribution in [-0.2, 0) is 4.79 Å². The molecule has 0 heterocycles. The third-order valence-electron chi connectivity index (χ3n) is 2.80. The Hall–Kier alpha value is -1.49. The van der Waals surface area contributed by atoms with Crippen LogP contribution in [0.1, 0.15) is 32.4 Å². The summed E-state index contributed by atoms with van der Waals surface area (Å²) in [6, 6.07) is 1.85. The average Bonchev–Trinajstić information content (AvgIpc) is 2.30. The molecule has 0 fully saturated rings. The maximum Gasteiger partial charge on any atom is 0.237 e. The molecule has 1 amide bonds. The zero-order valence-corrected chi connectivity index (χ0v) is 10.7. The van der Waals surface area contributed by atoms with Crippen LogP contribution in [0.2, 0.25) is 0 Å². The molecule has 1 unspecified atom stereocenters. The number of hydrogen-bond donors (Lipinski definition) is 2. The van der Waals surface area contributed by atoms with Crippen molar-refractivity contribution in [3.8, 4) is 0 Å². The summed E-state index contributed by atoms with van der Waals surface area (Å²) in [5.41, 5.74) is 5.78. The van der Waals surface area contributed by atoms with E-state index in [1.54, 1.807) is 6.92 Å². The van der Waals surface area contributed by atoms with Gasteiger partial charge in [-0.25, -0.2) is 8.78 Å². The second-order valence-corrected chi connectivity index (χ2v) is 4.67. The molecular weight excluding hydrogens is 238 g/mol. The molecule has 5 heteroatoms. The van der Waals surface area contributed by atoms with Gasteiger partial charge in [-0.2, -0.15) is 0 Å². The number of rotatable bonds is 4. The van der Waals surface area contributed by atoms with Crippen molar-refractivity contribution >= 4 is 5.91 Å². The summed E-state index contributed by atoms with van der Waals surface area (Å²) in [6.07, 6.45) is 0. The molecule has 0 saturated heterocycles. The van der Waals surface area contributed by atoms with Crippen LogP contribution in [-0.4, -0.2) is 11.9 Å². The van der Waals surface area contributed by atoms with Gasteiger partial charge in [0.2, 0.25) is 5.91 Å². The van der Waals surface area contributed by atoms with Gasteiger partial charge in [-0.05, 0) is 31.0 Å². The van der Waals surface area contributed by atoms with Crippen molar-refractivity contribution in [2.75, 3.05) is 0 Å². The molecule has 3 nitrogen and oxygen atoms in total. The Kier molecular flexibility index (Phi) is 4.78. The summed E-state index contributed by atoms with van der Waals surface area (Å²) in [6.45, 7) is 5.22. The highest BCUT2D eigenvalue weighted by molar-refractivity contribution is 5.82. The molecule has 0 aliphatic heterocycles. The van der Waals surface area contributed by atoms with E-state index in [-0.39, 0.29) is 17.4 Å². The van der Waals surface area contributed by atoms with Gasteiger partial charge < -0.3 is 11.1 Å². The van der Waals surface area contributed by atoms with Crippen LogP contribution in [0.5, 0.6) is 0 Å². The molecule has 0 aromatic heterocycles. The molecular formula is C13H18F2N2O. The third kappa shape index (κ3) is 3.50. The molecule has 2 atom stereocenters. The number of nitrogens with two attached hydrogens (primary N) is 1. The summed E-state index contributed by atoms with van der Waals surface area (Å²) in [5, 5.41) is 2.57. The molecule has 0 radical (unpaired) electrons. The van der Waals surface area contributed by atoms with Crippen molar-refractivity contribution in [1.29, 1.82) is 0 Å². The zero-order chi connectivity index (χ0) is 13.9. The Morgan fingerprint density at radius 1 is 1.28 bits per heavy atom.